The van der Waals surface area contributed by atoms with E-state index in [4.69, 9.17) is 9.15 Å². The summed E-state index contributed by atoms with van der Waals surface area (Å²) in [6.45, 7) is 5.55. The summed E-state index contributed by atoms with van der Waals surface area (Å²) in [6, 6.07) is 7.44. The largest absolute Gasteiger partial charge is 0.454 e. The Morgan fingerprint density at radius 2 is 2.07 bits per heavy atom. The van der Waals surface area contributed by atoms with Gasteiger partial charge in [0.1, 0.15) is 10.3 Å². The lowest BCUT2D eigenvalue weighted by molar-refractivity contribution is -0.149. The highest BCUT2D eigenvalue weighted by atomic mass is 32.1. The number of para-hydroxylation sites is 2. The van der Waals surface area contributed by atoms with E-state index in [1.54, 1.807) is 6.92 Å². The van der Waals surface area contributed by atoms with Crippen molar-refractivity contribution < 1.29 is 13.9 Å². The van der Waals surface area contributed by atoms with Crippen LogP contribution in [0.5, 0.6) is 0 Å². The molecule has 4 aromatic rings. The molecule has 0 saturated carbocycles. The molecule has 3 aromatic heterocycles. The van der Waals surface area contributed by atoms with Gasteiger partial charge in [0.25, 0.3) is 5.56 Å². The van der Waals surface area contributed by atoms with Gasteiger partial charge in [0.15, 0.2) is 23.4 Å². The molecule has 4 rings (SSSR count). The average Bonchev–Trinajstić information content (AvgIpc) is 3.20. The Bertz CT molecular complexity index is 1200. The third-order valence-electron chi connectivity index (χ3n) is 4.63. The van der Waals surface area contributed by atoms with Gasteiger partial charge in [0.2, 0.25) is 0 Å². The van der Waals surface area contributed by atoms with Crippen LogP contribution < -0.4 is 5.56 Å². The number of aromatic amines is 1. The van der Waals surface area contributed by atoms with Gasteiger partial charge in [-0.15, -0.1) is 11.3 Å². The molecule has 1 atom stereocenters. The third kappa shape index (κ3) is 3.43. The smallest absolute Gasteiger partial charge is 0.307 e. The van der Waals surface area contributed by atoms with Crippen LogP contribution in [0.3, 0.4) is 0 Å². The maximum atomic E-state index is 12.4. The molecular weight excluding hydrogens is 378 g/mol. The Balaban J connectivity index is 1.44. The van der Waals surface area contributed by atoms with E-state index in [1.165, 1.54) is 11.3 Å². The van der Waals surface area contributed by atoms with Crippen LogP contribution in [0.1, 0.15) is 41.6 Å². The second-order valence-electron chi connectivity index (χ2n) is 6.62. The second-order valence-corrected chi connectivity index (χ2v) is 7.83. The van der Waals surface area contributed by atoms with Gasteiger partial charge in [-0.2, -0.15) is 0 Å². The number of ether oxygens (including phenoxy) is 1. The number of oxazole rings is 1. The number of carbonyl (C=O) groups excluding carboxylic acids is 1. The summed E-state index contributed by atoms with van der Waals surface area (Å²) < 4.78 is 11.0. The number of rotatable bonds is 5. The summed E-state index contributed by atoms with van der Waals surface area (Å²) in [7, 11) is 0. The molecule has 0 spiro atoms. The summed E-state index contributed by atoms with van der Waals surface area (Å²) in [5.41, 5.74) is 2.17. The highest BCUT2D eigenvalue weighted by Gasteiger charge is 2.18. The first-order chi connectivity index (χ1) is 13.4. The molecule has 28 heavy (non-hydrogen) atoms. The predicted octanol–water partition coefficient (Wildman–Crippen LogP) is 3.98. The van der Waals surface area contributed by atoms with Gasteiger partial charge in [-0.3, -0.25) is 9.59 Å². The third-order valence-corrected chi connectivity index (χ3v) is 5.73. The van der Waals surface area contributed by atoms with Crippen molar-refractivity contribution in [3.63, 3.8) is 0 Å². The van der Waals surface area contributed by atoms with Crippen LogP contribution in [0.15, 0.2) is 33.5 Å². The SMILES string of the molecule is Cc1sc2nc([C@H](C)OC(=O)CCc3nc4ccccc4o3)[nH]c(=O)c2c1C. The van der Waals surface area contributed by atoms with Crippen LogP contribution in [0, 0.1) is 13.8 Å². The molecule has 0 unspecified atom stereocenters. The number of thiophene rings is 1. The monoisotopic (exact) mass is 397 g/mol. The number of carbonyl (C=O) groups is 1. The van der Waals surface area contributed by atoms with Crippen molar-refractivity contribution >= 4 is 38.6 Å². The molecule has 8 heteroatoms. The predicted molar refractivity (Wildman–Crippen MR) is 107 cm³/mol. The van der Waals surface area contributed by atoms with Gasteiger partial charge in [0.05, 0.1) is 11.8 Å². The molecule has 0 bridgehead atoms. The first-order valence-corrected chi connectivity index (χ1v) is 9.78. The van der Waals surface area contributed by atoms with Crippen LogP contribution in [-0.2, 0) is 16.0 Å². The minimum Gasteiger partial charge on any atom is -0.454 e. The standard InChI is InChI=1S/C20H19N3O4S/c1-10-12(3)28-20-17(10)19(25)22-18(23-20)11(2)26-16(24)9-8-15-21-13-6-4-5-7-14(13)27-15/h4-7,11H,8-9H2,1-3H3,(H,22,23,25)/t11-/m0/s1. The van der Waals surface area contributed by atoms with E-state index in [2.05, 4.69) is 15.0 Å². The Labute approximate surface area is 164 Å². The molecular formula is C20H19N3O4S. The van der Waals surface area contributed by atoms with Crippen molar-refractivity contribution in [2.45, 2.75) is 39.7 Å². The number of esters is 1. The van der Waals surface area contributed by atoms with E-state index >= 15 is 0 Å². The Hall–Kier alpha value is -3.00. The summed E-state index contributed by atoms with van der Waals surface area (Å²) in [5, 5.41) is 0.598. The van der Waals surface area contributed by atoms with Crippen molar-refractivity contribution in [2.75, 3.05) is 0 Å². The molecule has 7 nitrogen and oxygen atoms in total. The van der Waals surface area contributed by atoms with E-state index in [0.717, 1.165) is 16.0 Å². The quantitative estimate of drug-likeness (QED) is 0.512. The molecule has 144 valence electrons. The van der Waals surface area contributed by atoms with E-state index < -0.39 is 12.1 Å². The van der Waals surface area contributed by atoms with E-state index in [1.807, 2.05) is 38.1 Å². The Morgan fingerprint density at radius 1 is 1.29 bits per heavy atom. The first-order valence-electron chi connectivity index (χ1n) is 8.96. The number of benzene rings is 1. The zero-order valence-corrected chi connectivity index (χ0v) is 16.6. The summed E-state index contributed by atoms with van der Waals surface area (Å²) in [4.78, 5) is 37.8. The molecule has 0 fully saturated rings. The van der Waals surface area contributed by atoms with Crippen LogP contribution in [0.25, 0.3) is 21.3 Å². The van der Waals surface area contributed by atoms with Crippen molar-refractivity contribution in [3.8, 4) is 0 Å². The molecule has 0 aliphatic rings. The lowest BCUT2D eigenvalue weighted by Gasteiger charge is -2.12. The van der Waals surface area contributed by atoms with Gasteiger partial charge in [-0.05, 0) is 38.5 Å². The number of H-pyrrole nitrogens is 1. The minimum absolute atomic E-state index is 0.126. The number of aromatic nitrogens is 3. The first kappa shape index (κ1) is 18.4. The van der Waals surface area contributed by atoms with E-state index in [0.29, 0.717) is 33.9 Å². The summed E-state index contributed by atoms with van der Waals surface area (Å²) in [6.07, 6.45) is -0.191. The topological polar surface area (TPSA) is 98.1 Å². The lowest BCUT2D eigenvalue weighted by atomic mass is 10.2. The number of hydrogen-bond donors (Lipinski definition) is 1. The molecule has 1 N–H and O–H groups in total. The normalized spacial score (nSPS) is 12.5. The highest BCUT2D eigenvalue weighted by Crippen LogP contribution is 2.27. The maximum absolute atomic E-state index is 12.4. The van der Waals surface area contributed by atoms with E-state index in [9.17, 15) is 9.59 Å². The fraction of sp³-hybridized carbons (Fsp3) is 0.300. The van der Waals surface area contributed by atoms with Crippen LogP contribution >= 0.6 is 11.3 Å². The number of hydrogen-bond acceptors (Lipinski definition) is 7. The van der Waals surface area contributed by atoms with Gasteiger partial charge >= 0.3 is 5.97 Å². The molecule has 0 amide bonds. The fourth-order valence-electron chi connectivity index (χ4n) is 3.01. The van der Waals surface area contributed by atoms with Gasteiger partial charge in [-0.25, -0.2) is 9.97 Å². The molecule has 0 aliphatic carbocycles. The lowest BCUT2D eigenvalue weighted by Crippen LogP contribution is -2.17. The molecule has 3 heterocycles. The van der Waals surface area contributed by atoms with Crippen LogP contribution in [-0.4, -0.2) is 20.9 Å². The maximum Gasteiger partial charge on any atom is 0.307 e. The van der Waals surface area contributed by atoms with Crippen LogP contribution in [0.2, 0.25) is 0 Å². The van der Waals surface area contributed by atoms with E-state index in [-0.39, 0.29) is 12.0 Å². The minimum atomic E-state index is -0.657. The zero-order chi connectivity index (χ0) is 19.8. The van der Waals surface area contributed by atoms with Crippen molar-refractivity contribution in [2.24, 2.45) is 0 Å². The van der Waals surface area contributed by atoms with Gasteiger partial charge in [0, 0.05) is 11.3 Å². The van der Waals surface area contributed by atoms with Gasteiger partial charge in [-0.1, -0.05) is 12.1 Å². The summed E-state index contributed by atoms with van der Waals surface area (Å²) in [5.74, 6) is 0.424. The molecule has 0 saturated heterocycles. The molecule has 0 radical (unpaired) electrons. The van der Waals surface area contributed by atoms with Crippen LogP contribution in [0.4, 0.5) is 0 Å². The number of nitrogens with zero attached hydrogens (tertiary/aromatic N) is 2. The van der Waals surface area contributed by atoms with Crippen molar-refractivity contribution in [1.82, 2.24) is 15.0 Å². The average molecular weight is 397 g/mol. The molecule has 1 aromatic carbocycles. The molecule has 0 aliphatic heterocycles. The van der Waals surface area contributed by atoms with Gasteiger partial charge < -0.3 is 14.1 Å². The zero-order valence-electron chi connectivity index (χ0n) is 15.7. The fourth-order valence-corrected chi connectivity index (χ4v) is 4.05. The second kappa shape index (κ2) is 7.20. The number of fused-ring (bicyclic) bond motifs is 2. The Kier molecular flexibility index (Phi) is 4.72. The summed E-state index contributed by atoms with van der Waals surface area (Å²) >= 11 is 1.46. The highest BCUT2D eigenvalue weighted by molar-refractivity contribution is 7.18. The number of aryl methyl sites for hydroxylation is 3. The van der Waals surface area contributed by atoms with Crippen molar-refractivity contribution in [1.29, 1.82) is 0 Å². The number of nitrogens with one attached hydrogen (secondary N) is 1. The van der Waals surface area contributed by atoms with Crippen molar-refractivity contribution in [3.05, 3.63) is 56.8 Å². The Morgan fingerprint density at radius 3 is 2.86 bits per heavy atom.